The second-order valence-corrected chi connectivity index (χ2v) is 5.38. The number of carbonyl (C=O) groups is 1. The van der Waals surface area contributed by atoms with Crippen LogP contribution in [0.3, 0.4) is 0 Å². The molecule has 0 saturated carbocycles. The van der Waals surface area contributed by atoms with Gasteiger partial charge >= 0.3 is 0 Å². The maximum Gasteiger partial charge on any atom is 0.260 e. The van der Waals surface area contributed by atoms with E-state index in [0.29, 0.717) is 18.9 Å². The van der Waals surface area contributed by atoms with E-state index in [0.717, 1.165) is 17.7 Å². The molecule has 1 amide bonds. The summed E-state index contributed by atoms with van der Waals surface area (Å²) in [7, 11) is 3.60. The molecule has 1 heterocycles. The molecule has 0 atom stereocenters. The average Bonchev–Trinajstić information content (AvgIpc) is 2.96. The van der Waals surface area contributed by atoms with Crippen molar-refractivity contribution in [3.05, 3.63) is 42.2 Å². The number of likely N-dealkylation sites (N-methyl/N-ethyl adjacent to an activating group) is 1. The summed E-state index contributed by atoms with van der Waals surface area (Å²) in [4.78, 5) is 13.7. The molecule has 0 fully saturated rings. The second kappa shape index (κ2) is 8.22. The van der Waals surface area contributed by atoms with Crippen molar-refractivity contribution in [2.75, 3.05) is 20.3 Å². The zero-order valence-electron chi connectivity index (χ0n) is 13.9. The monoisotopic (exact) mass is 317 g/mol. The highest BCUT2D eigenvalue weighted by molar-refractivity contribution is 5.77. The van der Waals surface area contributed by atoms with Crippen molar-refractivity contribution in [2.45, 2.75) is 19.9 Å². The number of hydrogen-bond acceptors (Lipinski definition) is 4. The molecule has 0 N–H and O–H groups in total. The second-order valence-electron chi connectivity index (χ2n) is 5.38. The van der Waals surface area contributed by atoms with Gasteiger partial charge in [-0.25, -0.2) is 0 Å². The van der Waals surface area contributed by atoms with Gasteiger partial charge in [-0.05, 0) is 30.7 Å². The maximum atomic E-state index is 12.1. The van der Waals surface area contributed by atoms with Crippen LogP contribution in [0.25, 0.3) is 0 Å². The smallest absolute Gasteiger partial charge is 0.260 e. The average molecular weight is 317 g/mol. The highest BCUT2D eigenvalue weighted by Crippen LogP contribution is 2.17. The first-order valence-corrected chi connectivity index (χ1v) is 7.65. The number of aryl methyl sites for hydroxylation is 1. The molecule has 0 bridgehead atoms. The summed E-state index contributed by atoms with van der Waals surface area (Å²) >= 11 is 0. The van der Waals surface area contributed by atoms with Crippen LogP contribution < -0.4 is 9.47 Å². The van der Waals surface area contributed by atoms with Gasteiger partial charge in [-0.2, -0.15) is 5.10 Å². The molecular formula is C17H23N3O3. The molecule has 0 spiro atoms. The van der Waals surface area contributed by atoms with Crippen LogP contribution in [0, 0.1) is 0 Å². The molecule has 6 heteroatoms. The Balaban J connectivity index is 1.79. The molecular weight excluding hydrogens is 294 g/mol. The topological polar surface area (TPSA) is 56.6 Å². The van der Waals surface area contributed by atoms with E-state index in [-0.39, 0.29) is 12.5 Å². The lowest BCUT2D eigenvalue weighted by Crippen LogP contribution is -2.30. The lowest BCUT2D eigenvalue weighted by Gasteiger charge is -2.16. The van der Waals surface area contributed by atoms with E-state index in [4.69, 9.17) is 9.47 Å². The summed E-state index contributed by atoms with van der Waals surface area (Å²) in [5, 5.41) is 4.09. The van der Waals surface area contributed by atoms with Gasteiger partial charge in [0.15, 0.2) is 6.61 Å². The Morgan fingerprint density at radius 3 is 2.43 bits per heavy atom. The predicted octanol–water partition coefficient (Wildman–Crippen LogP) is 2.25. The molecule has 0 saturated heterocycles. The van der Waals surface area contributed by atoms with Crippen molar-refractivity contribution in [3.63, 3.8) is 0 Å². The summed E-state index contributed by atoms with van der Waals surface area (Å²) < 4.78 is 12.7. The standard InChI is InChI=1S/C17H23N3O3/c1-4-9-22-15-5-7-16(8-6-15)23-13-17(21)19(2)11-14-10-18-20(3)12-14/h5-8,10,12H,4,9,11,13H2,1-3H3. The van der Waals surface area contributed by atoms with Crippen LogP contribution >= 0.6 is 0 Å². The molecule has 0 aliphatic heterocycles. The van der Waals surface area contributed by atoms with E-state index < -0.39 is 0 Å². The van der Waals surface area contributed by atoms with E-state index in [1.165, 1.54) is 0 Å². The van der Waals surface area contributed by atoms with Gasteiger partial charge in [-0.1, -0.05) is 6.92 Å². The lowest BCUT2D eigenvalue weighted by molar-refractivity contribution is -0.132. The fourth-order valence-corrected chi connectivity index (χ4v) is 2.02. The zero-order chi connectivity index (χ0) is 16.7. The Hall–Kier alpha value is -2.50. The molecule has 0 unspecified atom stereocenters. The predicted molar refractivity (Wildman–Crippen MR) is 87.4 cm³/mol. The first-order chi connectivity index (χ1) is 11.1. The van der Waals surface area contributed by atoms with E-state index >= 15 is 0 Å². The molecule has 0 aliphatic rings. The number of aromatic nitrogens is 2. The Bertz CT molecular complexity index is 622. The zero-order valence-corrected chi connectivity index (χ0v) is 13.9. The van der Waals surface area contributed by atoms with Gasteiger partial charge in [0, 0.05) is 32.4 Å². The van der Waals surface area contributed by atoms with Crippen molar-refractivity contribution in [1.82, 2.24) is 14.7 Å². The number of benzene rings is 1. The van der Waals surface area contributed by atoms with Crippen molar-refractivity contribution in [1.29, 1.82) is 0 Å². The van der Waals surface area contributed by atoms with Gasteiger partial charge in [0.25, 0.3) is 5.91 Å². The molecule has 23 heavy (non-hydrogen) atoms. The van der Waals surface area contributed by atoms with Gasteiger partial charge in [0.05, 0.1) is 12.8 Å². The first kappa shape index (κ1) is 16.9. The minimum absolute atomic E-state index is 0.00588. The number of carbonyl (C=O) groups excluding carboxylic acids is 1. The van der Waals surface area contributed by atoms with E-state index in [1.807, 2.05) is 25.4 Å². The van der Waals surface area contributed by atoms with Gasteiger partial charge in [-0.3, -0.25) is 9.48 Å². The fourth-order valence-electron chi connectivity index (χ4n) is 2.02. The third kappa shape index (κ3) is 5.32. The van der Waals surface area contributed by atoms with Gasteiger partial charge in [0.1, 0.15) is 11.5 Å². The van der Waals surface area contributed by atoms with Crippen LogP contribution in [0.15, 0.2) is 36.7 Å². The minimum Gasteiger partial charge on any atom is -0.494 e. The minimum atomic E-state index is -0.0832. The van der Waals surface area contributed by atoms with Crippen LogP contribution in [0.2, 0.25) is 0 Å². The maximum absolute atomic E-state index is 12.1. The van der Waals surface area contributed by atoms with E-state index in [9.17, 15) is 4.79 Å². The fraction of sp³-hybridized carbons (Fsp3) is 0.412. The van der Waals surface area contributed by atoms with Crippen LogP contribution in [-0.4, -0.2) is 40.8 Å². The van der Waals surface area contributed by atoms with E-state index in [1.54, 1.807) is 35.0 Å². The molecule has 2 rings (SSSR count). The van der Waals surface area contributed by atoms with Crippen molar-refractivity contribution in [3.8, 4) is 11.5 Å². The molecule has 1 aromatic heterocycles. The van der Waals surface area contributed by atoms with Crippen LogP contribution in [0.1, 0.15) is 18.9 Å². The number of amides is 1. The molecule has 2 aromatic rings. The number of nitrogens with zero attached hydrogens (tertiary/aromatic N) is 3. The largest absolute Gasteiger partial charge is 0.494 e. The molecule has 0 radical (unpaired) electrons. The summed E-state index contributed by atoms with van der Waals surface area (Å²) in [5.41, 5.74) is 0.987. The van der Waals surface area contributed by atoms with Crippen molar-refractivity contribution >= 4 is 5.91 Å². The lowest BCUT2D eigenvalue weighted by atomic mass is 10.3. The number of hydrogen-bond donors (Lipinski definition) is 0. The Morgan fingerprint density at radius 2 is 1.87 bits per heavy atom. The first-order valence-electron chi connectivity index (χ1n) is 7.65. The third-order valence-electron chi connectivity index (χ3n) is 3.26. The quantitative estimate of drug-likeness (QED) is 0.749. The summed E-state index contributed by atoms with van der Waals surface area (Å²) in [6.45, 7) is 3.27. The van der Waals surface area contributed by atoms with Crippen molar-refractivity contribution < 1.29 is 14.3 Å². The van der Waals surface area contributed by atoms with Crippen LogP contribution in [-0.2, 0) is 18.4 Å². The van der Waals surface area contributed by atoms with E-state index in [2.05, 4.69) is 12.0 Å². The number of rotatable bonds is 8. The SMILES string of the molecule is CCCOc1ccc(OCC(=O)N(C)Cc2cnn(C)c2)cc1. The van der Waals surface area contributed by atoms with Crippen LogP contribution in [0.4, 0.5) is 0 Å². The highest BCUT2D eigenvalue weighted by atomic mass is 16.5. The molecule has 0 aliphatic carbocycles. The summed E-state index contributed by atoms with van der Waals surface area (Å²) in [6.07, 6.45) is 4.61. The van der Waals surface area contributed by atoms with Gasteiger partial charge in [0.2, 0.25) is 0 Å². The summed E-state index contributed by atoms with van der Waals surface area (Å²) in [5.74, 6) is 1.37. The van der Waals surface area contributed by atoms with Gasteiger partial charge < -0.3 is 14.4 Å². The normalized spacial score (nSPS) is 10.4. The molecule has 6 nitrogen and oxygen atoms in total. The van der Waals surface area contributed by atoms with Gasteiger partial charge in [-0.15, -0.1) is 0 Å². The third-order valence-corrected chi connectivity index (χ3v) is 3.26. The number of ether oxygens (including phenoxy) is 2. The van der Waals surface area contributed by atoms with Crippen LogP contribution in [0.5, 0.6) is 11.5 Å². The Kier molecular flexibility index (Phi) is 6.02. The summed E-state index contributed by atoms with van der Waals surface area (Å²) in [6, 6.07) is 7.29. The molecule has 124 valence electrons. The molecule has 1 aromatic carbocycles. The Labute approximate surface area is 136 Å². The highest BCUT2D eigenvalue weighted by Gasteiger charge is 2.11. The van der Waals surface area contributed by atoms with Crippen molar-refractivity contribution in [2.24, 2.45) is 7.05 Å². The Morgan fingerprint density at radius 1 is 1.22 bits per heavy atom.